The van der Waals surface area contributed by atoms with Crippen LogP contribution in [0.5, 0.6) is 0 Å². The van der Waals surface area contributed by atoms with Crippen molar-refractivity contribution in [3.8, 4) is 11.1 Å². The topological polar surface area (TPSA) is 63.2 Å². The second-order valence-corrected chi connectivity index (χ2v) is 10.4. The van der Waals surface area contributed by atoms with Crippen molar-refractivity contribution in [2.24, 2.45) is 0 Å². The summed E-state index contributed by atoms with van der Waals surface area (Å²) in [5, 5.41) is 3.84. The maximum Gasteiger partial charge on any atom is 0.260 e. The Morgan fingerprint density at radius 2 is 1.85 bits per heavy atom. The van der Waals surface area contributed by atoms with Crippen LogP contribution >= 0.6 is 34.7 Å². The highest BCUT2D eigenvalue weighted by Gasteiger charge is 2.33. The lowest BCUT2D eigenvalue weighted by molar-refractivity contribution is -0.127. The van der Waals surface area contributed by atoms with Crippen LogP contribution in [0, 0.1) is 5.82 Å². The van der Waals surface area contributed by atoms with Crippen molar-refractivity contribution >= 4 is 56.7 Å². The Balaban J connectivity index is 1.46. The van der Waals surface area contributed by atoms with Crippen LogP contribution in [-0.2, 0) is 4.79 Å². The van der Waals surface area contributed by atoms with Gasteiger partial charge in [-0.1, -0.05) is 41.9 Å². The number of fused-ring (bicyclic) bond motifs is 1. The van der Waals surface area contributed by atoms with Crippen LogP contribution in [0.25, 0.3) is 21.3 Å². The molecule has 1 saturated heterocycles. The summed E-state index contributed by atoms with van der Waals surface area (Å²) in [7, 11) is 0. The van der Waals surface area contributed by atoms with E-state index >= 15 is 0 Å². The number of carbonyl (C=O) groups is 2. The maximum atomic E-state index is 13.5. The number of hydrogen-bond donors (Lipinski definition) is 0. The fourth-order valence-electron chi connectivity index (χ4n) is 3.98. The highest BCUT2D eigenvalue weighted by atomic mass is 35.5. The van der Waals surface area contributed by atoms with Gasteiger partial charge in [0.25, 0.3) is 5.91 Å². The van der Waals surface area contributed by atoms with E-state index in [2.05, 4.69) is 9.97 Å². The first kappa shape index (κ1) is 23.0. The highest BCUT2D eigenvalue weighted by molar-refractivity contribution is 8.00. The van der Waals surface area contributed by atoms with Crippen molar-refractivity contribution in [1.82, 2.24) is 14.9 Å². The molecule has 5 rings (SSSR count). The number of hydrogen-bond acceptors (Lipinski definition) is 6. The summed E-state index contributed by atoms with van der Waals surface area (Å²) in [5.41, 5.74) is 2.28. The normalized spacial score (nSPS) is 16.6. The second-order valence-electron chi connectivity index (χ2n) is 7.92. The molecule has 172 valence electrons. The number of carbonyl (C=O) groups excluding carboxylic acids is 2. The van der Waals surface area contributed by atoms with Crippen LogP contribution in [0.15, 0.2) is 65.3 Å². The van der Waals surface area contributed by atoms with Gasteiger partial charge in [0, 0.05) is 28.1 Å². The highest BCUT2D eigenvalue weighted by Crippen LogP contribution is 2.40. The fraction of sp³-hybridized carbons (Fsp3) is 0.200. The summed E-state index contributed by atoms with van der Waals surface area (Å²) >= 11 is 8.96. The van der Waals surface area contributed by atoms with Crippen molar-refractivity contribution in [3.63, 3.8) is 0 Å². The minimum Gasteiger partial charge on any atom is -0.278 e. The molecule has 1 aliphatic rings. The number of thioether (sulfide) groups is 1. The average molecular weight is 512 g/mol. The third-order valence-corrected chi connectivity index (χ3v) is 8.11. The zero-order valence-electron chi connectivity index (χ0n) is 17.9. The number of amides is 2. The molecule has 1 unspecified atom stereocenters. The summed E-state index contributed by atoms with van der Waals surface area (Å²) in [6.07, 6.45) is 3.69. The van der Waals surface area contributed by atoms with Gasteiger partial charge in [0.2, 0.25) is 5.91 Å². The van der Waals surface area contributed by atoms with Crippen molar-refractivity contribution in [1.29, 1.82) is 0 Å². The monoisotopic (exact) mass is 511 g/mol. The average Bonchev–Trinajstić information content (AvgIpc) is 3.20. The molecule has 3 heterocycles. The number of thiophene rings is 1. The molecule has 0 spiro atoms. The van der Waals surface area contributed by atoms with E-state index in [1.165, 1.54) is 58.6 Å². The number of benzene rings is 2. The van der Waals surface area contributed by atoms with E-state index in [1.54, 1.807) is 0 Å². The van der Waals surface area contributed by atoms with Crippen molar-refractivity contribution in [2.45, 2.75) is 29.5 Å². The fourth-order valence-corrected chi connectivity index (χ4v) is 6.30. The SMILES string of the molecule is O=C(c1ccc(F)cc1)N1CCCCC(Sc2ncnc3scc(-c4ccc(Cl)cc4)c23)C1=O. The molecule has 2 amide bonds. The molecule has 9 heteroatoms. The molecule has 0 radical (unpaired) electrons. The molecule has 34 heavy (non-hydrogen) atoms. The molecule has 0 N–H and O–H groups in total. The molecular weight excluding hydrogens is 493 g/mol. The molecule has 5 nitrogen and oxygen atoms in total. The minimum atomic E-state index is -0.456. The predicted molar refractivity (Wildman–Crippen MR) is 134 cm³/mol. The Morgan fingerprint density at radius 1 is 1.09 bits per heavy atom. The minimum absolute atomic E-state index is 0.244. The van der Waals surface area contributed by atoms with Gasteiger partial charge >= 0.3 is 0 Å². The van der Waals surface area contributed by atoms with Crippen LogP contribution in [0.1, 0.15) is 29.6 Å². The lowest BCUT2D eigenvalue weighted by Crippen LogP contribution is -2.41. The lowest BCUT2D eigenvalue weighted by atomic mass is 10.1. The number of halogens is 2. The van der Waals surface area contributed by atoms with Gasteiger partial charge in [-0.15, -0.1) is 11.3 Å². The number of nitrogens with zero attached hydrogens (tertiary/aromatic N) is 3. The van der Waals surface area contributed by atoms with Crippen molar-refractivity contribution < 1.29 is 14.0 Å². The molecule has 1 fully saturated rings. The van der Waals surface area contributed by atoms with Gasteiger partial charge in [-0.3, -0.25) is 14.5 Å². The van der Waals surface area contributed by atoms with Gasteiger partial charge in [0.1, 0.15) is 22.0 Å². The van der Waals surface area contributed by atoms with Gasteiger partial charge in [-0.2, -0.15) is 0 Å². The third-order valence-electron chi connectivity index (χ3n) is 5.72. The summed E-state index contributed by atoms with van der Waals surface area (Å²) in [4.78, 5) is 37.6. The van der Waals surface area contributed by atoms with Gasteiger partial charge in [-0.05, 0) is 54.8 Å². The van der Waals surface area contributed by atoms with E-state index < -0.39 is 17.0 Å². The maximum absolute atomic E-state index is 13.5. The van der Waals surface area contributed by atoms with Gasteiger partial charge in [0.05, 0.1) is 10.6 Å². The first-order valence-electron chi connectivity index (χ1n) is 10.8. The first-order chi connectivity index (χ1) is 16.5. The van der Waals surface area contributed by atoms with Gasteiger partial charge < -0.3 is 0 Å². The van der Waals surface area contributed by atoms with Crippen LogP contribution in [0.3, 0.4) is 0 Å². The molecule has 1 aliphatic heterocycles. The summed E-state index contributed by atoms with van der Waals surface area (Å²) in [6.45, 7) is 0.347. The van der Waals surface area contributed by atoms with Crippen LogP contribution in [-0.4, -0.2) is 38.5 Å². The zero-order valence-corrected chi connectivity index (χ0v) is 20.3. The Bertz CT molecular complexity index is 1360. The van der Waals surface area contributed by atoms with E-state index in [-0.39, 0.29) is 5.91 Å². The quantitative estimate of drug-likeness (QED) is 0.232. The van der Waals surface area contributed by atoms with Gasteiger partial charge in [0.15, 0.2) is 0 Å². The molecule has 2 aromatic heterocycles. The molecular formula is C25H19ClFN3O2S2. The van der Waals surface area contributed by atoms with Crippen LogP contribution in [0.4, 0.5) is 4.39 Å². The zero-order chi connectivity index (χ0) is 23.7. The molecule has 4 aromatic rings. The third kappa shape index (κ3) is 4.58. The number of aromatic nitrogens is 2. The van der Waals surface area contributed by atoms with E-state index in [9.17, 15) is 14.0 Å². The number of rotatable bonds is 4. The lowest BCUT2D eigenvalue weighted by Gasteiger charge is -2.22. The Labute approximate surface area is 209 Å². The second kappa shape index (κ2) is 9.82. The van der Waals surface area contributed by atoms with E-state index in [4.69, 9.17) is 11.6 Å². The van der Waals surface area contributed by atoms with Crippen LogP contribution < -0.4 is 0 Å². The predicted octanol–water partition coefficient (Wildman–Crippen LogP) is 6.46. The molecule has 2 aromatic carbocycles. The molecule has 0 saturated carbocycles. The molecule has 0 aliphatic carbocycles. The largest absolute Gasteiger partial charge is 0.278 e. The summed E-state index contributed by atoms with van der Waals surface area (Å²) < 4.78 is 13.3. The van der Waals surface area contributed by atoms with Crippen molar-refractivity contribution in [2.75, 3.05) is 6.54 Å². The Morgan fingerprint density at radius 3 is 2.62 bits per heavy atom. The van der Waals surface area contributed by atoms with Crippen molar-refractivity contribution in [3.05, 3.63) is 76.6 Å². The standard InChI is InChI=1S/C25H19ClFN3O2S2/c26-17-8-4-15(5-9-17)19-13-33-22-21(19)23(29-14-28-22)34-20-3-1-2-12-30(25(20)32)24(31)16-6-10-18(27)11-7-16/h4-11,13-14,20H,1-3,12H2. The number of likely N-dealkylation sites (tertiary alicyclic amines) is 1. The summed E-state index contributed by atoms with van der Waals surface area (Å²) in [5.74, 6) is -1.07. The first-order valence-corrected chi connectivity index (χ1v) is 12.9. The van der Waals surface area contributed by atoms with E-state index in [1.807, 2.05) is 29.6 Å². The smallest absolute Gasteiger partial charge is 0.260 e. The summed E-state index contributed by atoms with van der Waals surface area (Å²) in [6, 6.07) is 12.9. The Hall–Kier alpha value is -2.81. The molecule has 1 atom stereocenters. The van der Waals surface area contributed by atoms with Gasteiger partial charge in [-0.25, -0.2) is 14.4 Å². The van der Waals surface area contributed by atoms with Crippen LogP contribution in [0.2, 0.25) is 5.02 Å². The Kier molecular flexibility index (Phi) is 6.63. The number of imide groups is 1. The van der Waals surface area contributed by atoms with E-state index in [0.29, 0.717) is 28.6 Å². The van der Waals surface area contributed by atoms with E-state index in [0.717, 1.165) is 34.2 Å². The molecule has 0 bridgehead atoms.